The van der Waals surface area contributed by atoms with E-state index >= 15 is 0 Å². The Bertz CT molecular complexity index is 405. The Hall–Kier alpha value is -1.16. The van der Waals surface area contributed by atoms with Crippen LogP contribution in [0, 0.1) is 5.41 Å². The van der Waals surface area contributed by atoms with Crippen LogP contribution in [0.5, 0.6) is 0 Å². The fourth-order valence-corrected chi connectivity index (χ4v) is 2.94. The van der Waals surface area contributed by atoms with Gasteiger partial charge >= 0.3 is 0 Å². The summed E-state index contributed by atoms with van der Waals surface area (Å²) in [5, 5.41) is 7.48. The highest BCUT2D eigenvalue weighted by Gasteiger charge is 2.39. The van der Waals surface area contributed by atoms with Gasteiger partial charge in [-0.2, -0.15) is 5.10 Å². The van der Waals surface area contributed by atoms with Crippen molar-refractivity contribution in [2.24, 2.45) is 12.5 Å². The predicted molar refractivity (Wildman–Crippen MR) is 71.4 cm³/mol. The minimum Gasteiger partial charge on any atom is -0.316 e. The zero-order chi connectivity index (χ0) is 13.0. The van der Waals surface area contributed by atoms with Crippen molar-refractivity contribution >= 4 is 5.78 Å². The van der Waals surface area contributed by atoms with E-state index in [2.05, 4.69) is 17.3 Å². The standard InChI is InChI=1S/C14H23N3O/c1-3-6-14(7-8-15-11-14)13(18)5-4-12-9-16-17(2)10-12/h9-10,15H,3-8,11H2,1-2H3. The molecule has 1 aliphatic heterocycles. The highest BCUT2D eigenvalue weighted by atomic mass is 16.1. The summed E-state index contributed by atoms with van der Waals surface area (Å²) in [6.07, 6.45) is 8.42. The molecule has 4 heteroatoms. The van der Waals surface area contributed by atoms with Gasteiger partial charge in [0.1, 0.15) is 5.78 Å². The summed E-state index contributed by atoms with van der Waals surface area (Å²) in [6, 6.07) is 0. The van der Waals surface area contributed by atoms with Crippen molar-refractivity contribution in [3.8, 4) is 0 Å². The summed E-state index contributed by atoms with van der Waals surface area (Å²) in [4.78, 5) is 12.5. The molecule has 1 aromatic rings. The maximum absolute atomic E-state index is 12.5. The molecular weight excluding hydrogens is 226 g/mol. The second-order valence-corrected chi connectivity index (χ2v) is 5.40. The van der Waals surface area contributed by atoms with Crippen molar-refractivity contribution in [3.63, 3.8) is 0 Å². The fraction of sp³-hybridized carbons (Fsp3) is 0.714. The first kappa shape index (κ1) is 13.3. The van der Waals surface area contributed by atoms with Gasteiger partial charge in [-0.15, -0.1) is 0 Å². The number of hydrogen-bond donors (Lipinski definition) is 1. The van der Waals surface area contributed by atoms with Gasteiger partial charge in [-0.05, 0) is 31.4 Å². The molecule has 0 amide bonds. The number of aromatic nitrogens is 2. The van der Waals surface area contributed by atoms with Gasteiger partial charge in [0, 0.05) is 31.6 Å². The second kappa shape index (κ2) is 5.65. The minimum absolute atomic E-state index is 0.0864. The Morgan fingerprint density at radius 3 is 3.00 bits per heavy atom. The average molecular weight is 249 g/mol. The van der Waals surface area contributed by atoms with Crippen molar-refractivity contribution in [1.82, 2.24) is 15.1 Å². The van der Waals surface area contributed by atoms with Crippen molar-refractivity contribution in [3.05, 3.63) is 18.0 Å². The monoisotopic (exact) mass is 249 g/mol. The van der Waals surface area contributed by atoms with E-state index in [-0.39, 0.29) is 5.41 Å². The Morgan fingerprint density at radius 1 is 1.61 bits per heavy atom. The SMILES string of the molecule is CCCC1(C(=O)CCc2cnn(C)c2)CCNC1. The molecule has 1 fully saturated rings. The molecule has 0 aliphatic carbocycles. The Balaban J connectivity index is 1.93. The van der Waals surface area contributed by atoms with Gasteiger partial charge in [0.15, 0.2) is 0 Å². The van der Waals surface area contributed by atoms with Crippen LogP contribution in [0.2, 0.25) is 0 Å². The van der Waals surface area contributed by atoms with Crippen LogP contribution in [0.1, 0.15) is 38.2 Å². The number of hydrogen-bond acceptors (Lipinski definition) is 3. The number of aryl methyl sites for hydroxylation is 2. The Morgan fingerprint density at radius 2 is 2.44 bits per heavy atom. The van der Waals surface area contributed by atoms with Gasteiger partial charge in [0.25, 0.3) is 0 Å². The van der Waals surface area contributed by atoms with E-state index < -0.39 is 0 Å². The molecule has 1 aliphatic rings. The average Bonchev–Trinajstić information content (AvgIpc) is 2.97. The van der Waals surface area contributed by atoms with Crippen LogP contribution in [0.15, 0.2) is 12.4 Å². The zero-order valence-corrected chi connectivity index (χ0v) is 11.4. The molecule has 1 unspecified atom stereocenters. The normalized spacial score (nSPS) is 23.4. The predicted octanol–water partition coefficient (Wildman–Crippen LogP) is 1.70. The van der Waals surface area contributed by atoms with Gasteiger partial charge in [0.2, 0.25) is 0 Å². The molecule has 0 saturated carbocycles. The fourth-order valence-electron chi connectivity index (χ4n) is 2.94. The number of Topliss-reactive ketones (excluding diaryl/α,β-unsaturated/α-hetero) is 1. The molecule has 4 nitrogen and oxygen atoms in total. The van der Waals surface area contributed by atoms with E-state index in [0.29, 0.717) is 12.2 Å². The van der Waals surface area contributed by atoms with Crippen LogP contribution >= 0.6 is 0 Å². The zero-order valence-electron chi connectivity index (χ0n) is 11.4. The number of rotatable bonds is 6. The molecule has 1 aromatic heterocycles. The van der Waals surface area contributed by atoms with Crippen molar-refractivity contribution in [2.45, 2.75) is 39.0 Å². The molecule has 2 rings (SSSR count). The van der Waals surface area contributed by atoms with E-state index in [1.807, 2.05) is 19.4 Å². The van der Waals surface area contributed by atoms with E-state index in [4.69, 9.17) is 0 Å². The molecule has 1 atom stereocenters. The van der Waals surface area contributed by atoms with Crippen molar-refractivity contribution in [1.29, 1.82) is 0 Å². The first-order valence-electron chi connectivity index (χ1n) is 6.88. The van der Waals surface area contributed by atoms with Crippen molar-refractivity contribution < 1.29 is 4.79 Å². The summed E-state index contributed by atoms with van der Waals surface area (Å²) in [6.45, 7) is 4.01. The molecule has 100 valence electrons. The van der Waals surface area contributed by atoms with Gasteiger partial charge in [-0.1, -0.05) is 13.3 Å². The topological polar surface area (TPSA) is 46.9 Å². The largest absolute Gasteiger partial charge is 0.316 e. The van der Waals surface area contributed by atoms with E-state index in [0.717, 1.165) is 44.3 Å². The highest BCUT2D eigenvalue weighted by Crippen LogP contribution is 2.33. The van der Waals surface area contributed by atoms with Crippen LogP contribution in [0.25, 0.3) is 0 Å². The first-order valence-corrected chi connectivity index (χ1v) is 6.88. The molecule has 18 heavy (non-hydrogen) atoms. The van der Waals surface area contributed by atoms with Crippen LogP contribution in [-0.4, -0.2) is 28.7 Å². The third-order valence-corrected chi connectivity index (χ3v) is 3.96. The smallest absolute Gasteiger partial charge is 0.140 e. The summed E-state index contributed by atoms with van der Waals surface area (Å²) in [7, 11) is 1.91. The maximum Gasteiger partial charge on any atom is 0.140 e. The molecule has 0 bridgehead atoms. The summed E-state index contributed by atoms with van der Waals surface area (Å²) >= 11 is 0. The minimum atomic E-state index is -0.0864. The molecule has 1 saturated heterocycles. The first-order chi connectivity index (χ1) is 8.66. The lowest BCUT2D eigenvalue weighted by Crippen LogP contribution is -2.33. The van der Waals surface area contributed by atoms with Crippen LogP contribution < -0.4 is 5.32 Å². The van der Waals surface area contributed by atoms with Crippen LogP contribution in [0.4, 0.5) is 0 Å². The van der Waals surface area contributed by atoms with Crippen molar-refractivity contribution in [2.75, 3.05) is 13.1 Å². The van der Waals surface area contributed by atoms with E-state index in [9.17, 15) is 4.79 Å². The lowest BCUT2D eigenvalue weighted by molar-refractivity contribution is -0.128. The van der Waals surface area contributed by atoms with Gasteiger partial charge in [-0.3, -0.25) is 9.48 Å². The third kappa shape index (κ3) is 2.80. The van der Waals surface area contributed by atoms with E-state index in [1.165, 1.54) is 0 Å². The lowest BCUT2D eigenvalue weighted by atomic mass is 9.77. The summed E-state index contributed by atoms with van der Waals surface area (Å²) in [5.41, 5.74) is 1.07. The van der Waals surface area contributed by atoms with Crippen LogP contribution in [0.3, 0.4) is 0 Å². The highest BCUT2D eigenvalue weighted by molar-refractivity contribution is 5.85. The molecule has 1 N–H and O–H groups in total. The van der Waals surface area contributed by atoms with Gasteiger partial charge in [0.05, 0.1) is 6.20 Å². The summed E-state index contributed by atoms with van der Waals surface area (Å²) in [5.74, 6) is 0.429. The maximum atomic E-state index is 12.5. The number of nitrogens with zero attached hydrogens (tertiary/aromatic N) is 2. The summed E-state index contributed by atoms with van der Waals surface area (Å²) < 4.78 is 1.79. The number of nitrogens with one attached hydrogen (secondary N) is 1. The van der Waals surface area contributed by atoms with Crippen LogP contribution in [-0.2, 0) is 18.3 Å². The lowest BCUT2D eigenvalue weighted by Gasteiger charge is -2.26. The van der Waals surface area contributed by atoms with Gasteiger partial charge < -0.3 is 5.32 Å². The quantitative estimate of drug-likeness (QED) is 0.834. The molecule has 0 spiro atoms. The third-order valence-electron chi connectivity index (χ3n) is 3.96. The number of carbonyl (C=O) groups is 1. The van der Waals surface area contributed by atoms with Gasteiger partial charge in [-0.25, -0.2) is 0 Å². The number of carbonyl (C=O) groups excluding carboxylic acids is 1. The molecule has 0 aromatic carbocycles. The molecular formula is C14H23N3O. The Kier molecular flexibility index (Phi) is 4.17. The number of ketones is 1. The molecule has 0 radical (unpaired) electrons. The van der Waals surface area contributed by atoms with E-state index in [1.54, 1.807) is 4.68 Å². The second-order valence-electron chi connectivity index (χ2n) is 5.40. The molecule has 2 heterocycles. The Labute approximate surface area is 109 Å².